The van der Waals surface area contributed by atoms with Gasteiger partial charge in [-0.2, -0.15) is 0 Å². The van der Waals surface area contributed by atoms with Gasteiger partial charge in [-0.15, -0.1) is 0 Å². The summed E-state index contributed by atoms with van der Waals surface area (Å²) in [6, 6.07) is 0. The van der Waals surface area contributed by atoms with Crippen molar-refractivity contribution in [1.29, 1.82) is 0 Å². The van der Waals surface area contributed by atoms with E-state index in [0.717, 1.165) is 64.3 Å². The van der Waals surface area contributed by atoms with Crippen molar-refractivity contribution in [1.82, 2.24) is 4.90 Å². The van der Waals surface area contributed by atoms with Gasteiger partial charge in [-0.3, -0.25) is 19.2 Å². The molecular weight excluding hydrogens is 783 g/mol. The van der Waals surface area contributed by atoms with Crippen LogP contribution in [0.3, 0.4) is 0 Å². The summed E-state index contributed by atoms with van der Waals surface area (Å²) in [5, 5.41) is 0. The normalized spacial score (nSPS) is 16.7. The minimum absolute atomic E-state index is 0.00588. The first-order valence-corrected chi connectivity index (χ1v) is 26.2. The molecule has 1 aliphatic heterocycles. The molecule has 0 aliphatic carbocycles. The molecule has 0 radical (unpaired) electrons. The zero-order chi connectivity index (χ0) is 45.3. The lowest BCUT2D eigenvalue weighted by molar-refractivity contribution is -0.179. The van der Waals surface area contributed by atoms with Crippen LogP contribution in [0, 0.1) is 0 Å². The van der Waals surface area contributed by atoms with E-state index in [9.17, 15) is 19.2 Å². The van der Waals surface area contributed by atoms with Gasteiger partial charge >= 0.3 is 23.9 Å². The van der Waals surface area contributed by atoms with Crippen LogP contribution in [0.25, 0.3) is 0 Å². The Hall–Kier alpha value is -2.20. The molecule has 1 unspecified atom stereocenters. The SMILES string of the molecule is CCCCCCCCCCCCCC(=O)O[C@H](COC(=O)CCCN(C)C)C1OC[C@H](OC(=O)CCCCCCCCCCCC)[C@H]1OC(=O)CCCCCCCCCCCC. The van der Waals surface area contributed by atoms with E-state index < -0.39 is 42.3 Å². The predicted octanol–water partition coefficient (Wildman–Crippen LogP) is 13.3. The van der Waals surface area contributed by atoms with Crippen LogP contribution in [-0.4, -0.2) is 87.0 Å². The van der Waals surface area contributed by atoms with Crippen molar-refractivity contribution in [2.45, 2.75) is 276 Å². The highest BCUT2D eigenvalue weighted by Gasteiger charge is 2.48. The molecule has 0 saturated carbocycles. The van der Waals surface area contributed by atoms with Crippen molar-refractivity contribution in [2.75, 3.05) is 33.9 Å². The molecule has 1 heterocycles. The Bertz CT molecular complexity index is 1080. The van der Waals surface area contributed by atoms with Crippen LogP contribution < -0.4 is 0 Å². The number of hydrogen-bond acceptors (Lipinski definition) is 10. The molecule has 0 N–H and O–H groups in total. The highest BCUT2D eigenvalue weighted by atomic mass is 16.7. The molecule has 1 rings (SSSR count). The van der Waals surface area contributed by atoms with Crippen molar-refractivity contribution in [2.24, 2.45) is 0 Å². The van der Waals surface area contributed by atoms with Gasteiger partial charge in [-0.1, -0.05) is 201 Å². The van der Waals surface area contributed by atoms with Crippen molar-refractivity contribution >= 4 is 23.9 Å². The third kappa shape index (κ3) is 33.3. The molecule has 1 aliphatic rings. The fourth-order valence-corrected chi connectivity index (χ4v) is 8.27. The molecule has 0 bridgehead atoms. The van der Waals surface area contributed by atoms with Gasteiger partial charge in [0.05, 0.1) is 6.61 Å². The van der Waals surface area contributed by atoms with E-state index in [0.29, 0.717) is 19.3 Å². The Balaban J connectivity index is 2.88. The van der Waals surface area contributed by atoms with E-state index in [-0.39, 0.29) is 44.9 Å². The summed E-state index contributed by atoms with van der Waals surface area (Å²) in [5.74, 6) is -1.56. The topological polar surface area (TPSA) is 118 Å². The third-order valence-electron chi connectivity index (χ3n) is 12.2. The smallest absolute Gasteiger partial charge is 0.306 e. The molecule has 0 aromatic heterocycles. The zero-order valence-electron chi connectivity index (χ0n) is 41.0. The van der Waals surface area contributed by atoms with Crippen molar-refractivity contribution in [3.8, 4) is 0 Å². The lowest BCUT2D eigenvalue weighted by Crippen LogP contribution is -2.47. The average Bonchev–Trinajstić information content (AvgIpc) is 3.63. The summed E-state index contributed by atoms with van der Waals surface area (Å²) in [5.41, 5.74) is 0. The number of unbranched alkanes of at least 4 members (excludes halogenated alkanes) is 28. The van der Waals surface area contributed by atoms with Gasteiger partial charge in [0.15, 0.2) is 18.3 Å². The quantitative estimate of drug-likeness (QED) is 0.0332. The van der Waals surface area contributed by atoms with Crippen LogP contribution in [-0.2, 0) is 42.9 Å². The lowest BCUT2D eigenvalue weighted by atomic mass is 10.0. The second-order valence-electron chi connectivity index (χ2n) is 18.5. The summed E-state index contributed by atoms with van der Waals surface area (Å²) in [6.07, 6.45) is 33.9. The molecule has 364 valence electrons. The highest BCUT2D eigenvalue weighted by Crippen LogP contribution is 2.28. The molecule has 10 nitrogen and oxygen atoms in total. The van der Waals surface area contributed by atoms with Gasteiger partial charge in [-0.25, -0.2) is 0 Å². The van der Waals surface area contributed by atoms with Crippen molar-refractivity contribution < 1.29 is 42.9 Å². The number of esters is 4. The van der Waals surface area contributed by atoms with Gasteiger partial charge in [0.1, 0.15) is 12.7 Å². The van der Waals surface area contributed by atoms with Gasteiger partial charge in [-0.05, 0) is 46.3 Å². The fourth-order valence-electron chi connectivity index (χ4n) is 8.27. The molecule has 4 atom stereocenters. The van der Waals surface area contributed by atoms with E-state index in [2.05, 4.69) is 20.8 Å². The maximum absolute atomic E-state index is 13.4. The fraction of sp³-hybridized carbons (Fsp3) is 0.923. The van der Waals surface area contributed by atoms with Gasteiger partial charge in [0, 0.05) is 25.7 Å². The molecule has 62 heavy (non-hydrogen) atoms. The van der Waals surface area contributed by atoms with E-state index in [4.69, 9.17) is 23.7 Å². The molecule has 0 aromatic rings. The minimum atomic E-state index is -1.02. The van der Waals surface area contributed by atoms with Crippen LogP contribution in [0.5, 0.6) is 0 Å². The Labute approximate surface area is 380 Å². The van der Waals surface area contributed by atoms with Gasteiger partial charge in [0.2, 0.25) is 0 Å². The first-order chi connectivity index (χ1) is 30.2. The summed E-state index contributed by atoms with van der Waals surface area (Å²) >= 11 is 0. The average molecular weight is 880 g/mol. The van der Waals surface area contributed by atoms with Gasteiger partial charge in [0.25, 0.3) is 0 Å². The highest BCUT2D eigenvalue weighted by molar-refractivity contribution is 5.71. The van der Waals surface area contributed by atoms with Crippen LogP contribution >= 0.6 is 0 Å². The Morgan fingerprint density at radius 2 is 0.823 bits per heavy atom. The van der Waals surface area contributed by atoms with Crippen molar-refractivity contribution in [3.05, 3.63) is 0 Å². The van der Waals surface area contributed by atoms with E-state index in [1.54, 1.807) is 0 Å². The molecule has 10 heteroatoms. The number of carbonyl (C=O) groups excluding carboxylic acids is 4. The van der Waals surface area contributed by atoms with Crippen LogP contribution in [0.2, 0.25) is 0 Å². The number of ether oxygens (including phenoxy) is 5. The largest absolute Gasteiger partial charge is 0.462 e. The Morgan fingerprint density at radius 3 is 1.23 bits per heavy atom. The second kappa shape index (κ2) is 41.5. The predicted molar refractivity (Wildman–Crippen MR) is 252 cm³/mol. The van der Waals surface area contributed by atoms with E-state index in [1.165, 1.54) is 128 Å². The van der Waals surface area contributed by atoms with Crippen LogP contribution in [0.15, 0.2) is 0 Å². The number of carbonyl (C=O) groups is 4. The maximum Gasteiger partial charge on any atom is 0.306 e. The maximum atomic E-state index is 13.4. The molecule has 0 aromatic carbocycles. The van der Waals surface area contributed by atoms with Gasteiger partial charge < -0.3 is 28.6 Å². The van der Waals surface area contributed by atoms with Crippen molar-refractivity contribution in [3.63, 3.8) is 0 Å². The summed E-state index contributed by atoms with van der Waals surface area (Å²) in [7, 11) is 3.90. The summed E-state index contributed by atoms with van der Waals surface area (Å²) < 4.78 is 29.9. The minimum Gasteiger partial charge on any atom is -0.462 e. The first-order valence-electron chi connectivity index (χ1n) is 26.2. The zero-order valence-corrected chi connectivity index (χ0v) is 41.0. The van der Waals surface area contributed by atoms with E-state index in [1.807, 2.05) is 19.0 Å². The Kier molecular flexibility index (Phi) is 38.7. The lowest BCUT2D eigenvalue weighted by Gasteiger charge is -2.28. The van der Waals surface area contributed by atoms with E-state index >= 15 is 0 Å². The molecule has 1 saturated heterocycles. The number of hydrogen-bond donors (Lipinski definition) is 0. The standard InChI is InChI=1S/C52H97NO9/c1-6-9-12-15-18-21-24-27-29-31-34-38-48(55)60-45(43-58-47(54)41-37-42-53(4)5)51-52(62-50(57)40-36-33-30-26-23-20-17-14-11-8-3)46(44-59-51)61-49(56)39-35-32-28-25-22-19-16-13-10-7-2/h45-46,51-52H,6-44H2,1-5H3/t45-,46+,51?,52-/m1/s1. The Morgan fingerprint density at radius 1 is 0.468 bits per heavy atom. The number of rotatable bonds is 44. The van der Waals surface area contributed by atoms with Crippen LogP contribution in [0.4, 0.5) is 0 Å². The monoisotopic (exact) mass is 880 g/mol. The van der Waals surface area contributed by atoms with Crippen LogP contribution in [0.1, 0.15) is 252 Å². The summed E-state index contributed by atoms with van der Waals surface area (Å²) in [4.78, 5) is 54.7. The summed E-state index contributed by atoms with van der Waals surface area (Å²) in [6.45, 7) is 7.21. The molecular formula is C52H97NO9. The third-order valence-corrected chi connectivity index (χ3v) is 12.2. The molecule has 1 fully saturated rings. The number of nitrogens with zero attached hydrogens (tertiary/aromatic N) is 1. The second-order valence-corrected chi connectivity index (χ2v) is 18.5. The first kappa shape index (κ1) is 57.8. The molecule has 0 spiro atoms. The molecule has 0 amide bonds.